The first-order chi connectivity index (χ1) is 8.41. The molecule has 1 atom stereocenters. The molecule has 0 radical (unpaired) electrons. The van der Waals surface area contributed by atoms with Gasteiger partial charge in [-0.05, 0) is 18.3 Å². The molecule has 0 fully saturated rings. The lowest BCUT2D eigenvalue weighted by molar-refractivity contribution is -0.138. The van der Waals surface area contributed by atoms with Gasteiger partial charge in [-0.3, -0.25) is 4.79 Å². The number of nitrogens with one attached hydrogen (secondary N) is 1. The van der Waals surface area contributed by atoms with Crippen LogP contribution in [0.25, 0.3) is 0 Å². The highest BCUT2D eigenvalue weighted by Gasteiger charge is 2.21. The molecule has 1 unspecified atom stereocenters. The molecule has 0 bridgehead atoms. The summed E-state index contributed by atoms with van der Waals surface area (Å²) in [6.07, 6.45) is 1.22. The van der Waals surface area contributed by atoms with Crippen LogP contribution in [-0.4, -0.2) is 45.8 Å². The Balaban J connectivity index is 4.57. The van der Waals surface area contributed by atoms with Gasteiger partial charge in [0.2, 0.25) is 10.0 Å². The van der Waals surface area contributed by atoms with Gasteiger partial charge >= 0.3 is 5.97 Å². The monoisotopic (exact) mass is 315 g/mol. The molecule has 0 aromatic heterocycles. The van der Waals surface area contributed by atoms with E-state index in [0.717, 1.165) is 6.26 Å². The molecule has 0 aliphatic heterocycles. The van der Waals surface area contributed by atoms with Crippen LogP contribution in [0.2, 0.25) is 0 Å². The summed E-state index contributed by atoms with van der Waals surface area (Å²) >= 11 is 0. The summed E-state index contributed by atoms with van der Waals surface area (Å²) in [7, 11) is -7.58. The van der Waals surface area contributed by atoms with E-state index in [1.807, 2.05) is 13.8 Å². The summed E-state index contributed by atoms with van der Waals surface area (Å²) in [5, 5.41) is 7.75. The van der Waals surface area contributed by atoms with Gasteiger partial charge < -0.3 is 5.11 Å². The molecule has 19 heavy (non-hydrogen) atoms. The van der Waals surface area contributed by atoms with Crippen LogP contribution >= 0.6 is 0 Å². The molecular weight excluding hydrogens is 294 g/mol. The fourth-order valence-corrected chi connectivity index (χ4v) is 4.80. The first kappa shape index (κ1) is 18.3. The fraction of sp³-hybridized carbons (Fsp3) is 0.900. The predicted octanol–water partition coefficient (Wildman–Crippen LogP) is 0.0449. The van der Waals surface area contributed by atoms with E-state index >= 15 is 0 Å². The smallest absolute Gasteiger partial charge is 0.303 e. The molecule has 0 saturated carbocycles. The predicted molar refractivity (Wildman–Crippen MR) is 71.8 cm³/mol. The Hall–Kier alpha value is -0.670. The van der Waals surface area contributed by atoms with Gasteiger partial charge in [0.1, 0.15) is 0 Å². The third kappa shape index (κ3) is 10.9. The number of carboxylic acids is 1. The Morgan fingerprint density at radius 2 is 1.74 bits per heavy atom. The largest absolute Gasteiger partial charge is 0.481 e. The van der Waals surface area contributed by atoms with E-state index in [1.165, 1.54) is 0 Å². The van der Waals surface area contributed by atoms with E-state index < -0.39 is 30.9 Å². The maximum atomic E-state index is 11.5. The average molecular weight is 315 g/mol. The van der Waals surface area contributed by atoms with Gasteiger partial charge in [0.05, 0.1) is 0 Å². The lowest BCUT2D eigenvalue weighted by Gasteiger charge is -2.17. The molecule has 0 amide bonds. The molecule has 0 aliphatic rings. The Morgan fingerprint density at radius 1 is 1.21 bits per heavy atom. The second kappa shape index (κ2) is 7.20. The number of hydrogen-bond donors (Lipinski definition) is 2. The van der Waals surface area contributed by atoms with E-state index in [1.54, 1.807) is 0 Å². The Bertz CT molecular complexity index is 494. The lowest BCUT2D eigenvalue weighted by atomic mass is 9.94. The van der Waals surface area contributed by atoms with Crippen molar-refractivity contribution in [2.45, 2.75) is 26.7 Å². The molecular formula is C10H21NO6S2. The van der Waals surface area contributed by atoms with Crippen LogP contribution in [0.15, 0.2) is 0 Å². The SMILES string of the molecule is CC(C)CC(CNS(=O)(=O)CS(C)(=O)=O)CC(=O)O. The van der Waals surface area contributed by atoms with Crippen LogP contribution < -0.4 is 4.72 Å². The molecule has 0 saturated heterocycles. The summed E-state index contributed by atoms with van der Waals surface area (Å²) in [6, 6.07) is 0. The van der Waals surface area contributed by atoms with E-state index in [0.29, 0.717) is 6.42 Å². The zero-order valence-electron chi connectivity index (χ0n) is 11.3. The third-order valence-electron chi connectivity index (χ3n) is 2.23. The van der Waals surface area contributed by atoms with Crippen molar-refractivity contribution < 1.29 is 26.7 Å². The standard InChI is InChI=1S/C10H21NO6S2/c1-8(2)4-9(5-10(12)13)6-11-19(16,17)7-18(3,14)15/h8-9,11H,4-7H2,1-3H3,(H,12,13). The number of hydrogen-bond acceptors (Lipinski definition) is 5. The van der Waals surface area contributed by atoms with Crippen molar-refractivity contribution in [1.29, 1.82) is 0 Å². The van der Waals surface area contributed by atoms with Gasteiger partial charge in [0.15, 0.2) is 14.9 Å². The number of rotatable bonds is 9. The minimum absolute atomic E-state index is 0.0671. The van der Waals surface area contributed by atoms with Gasteiger partial charge in [-0.2, -0.15) is 0 Å². The molecule has 0 rings (SSSR count). The number of carboxylic acid groups (broad SMARTS) is 1. The van der Waals surface area contributed by atoms with E-state index in [4.69, 9.17) is 5.11 Å². The zero-order chi connectivity index (χ0) is 15.3. The molecule has 7 nitrogen and oxygen atoms in total. The van der Waals surface area contributed by atoms with Crippen LogP contribution in [0.5, 0.6) is 0 Å². The molecule has 0 spiro atoms. The summed E-state index contributed by atoms with van der Waals surface area (Å²) in [5.74, 6) is -1.14. The molecule has 9 heteroatoms. The van der Waals surface area contributed by atoms with Crippen LogP contribution in [-0.2, 0) is 24.7 Å². The van der Waals surface area contributed by atoms with E-state index in [-0.39, 0.29) is 24.8 Å². The van der Waals surface area contributed by atoms with Crippen molar-refractivity contribution in [2.24, 2.45) is 11.8 Å². The van der Waals surface area contributed by atoms with Gasteiger partial charge in [0.25, 0.3) is 0 Å². The summed E-state index contributed by atoms with van der Waals surface area (Å²) in [4.78, 5) is 10.7. The number of sulfonamides is 1. The van der Waals surface area contributed by atoms with Crippen molar-refractivity contribution in [3.05, 3.63) is 0 Å². The van der Waals surface area contributed by atoms with Gasteiger partial charge in [0, 0.05) is 19.2 Å². The van der Waals surface area contributed by atoms with Crippen molar-refractivity contribution in [3.8, 4) is 0 Å². The Morgan fingerprint density at radius 3 is 2.11 bits per heavy atom. The van der Waals surface area contributed by atoms with Gasteiger partial charge in [-0.15, -0.1) is 0 Å². The second-order valence-corrected chi connectivity index (χ2v) is 9.41. The Kier molecular flexibility index (Phi) is 6.95. The number of aliphatic carboxylic acids is 1. The first-order valence-corrected chi connectivity index (χ1v) is 9.49. The lowest BCUT2D eigenvalue weighted by Crippen LogP contribution is -2.34. The fourth-order valence-electron chi connectivity index (χ4n) is 1.72. The highest BCUT2D eigenvalue weighted by atomic mass is 32.3. The van der Waals surface area contributed by atoms with Crippen LogP contribution in [0.4, 0.5) is 0 Å². The summed E-state index contributed by atoms with van der Waals surface area (Å²) < 4.78 is 47.0. The summed E-state index contributed by atoms with van der Waals surface area (Å²) in [6.45, 7) is 3.74. The van der Waals surface area contributed by atoms with Crippen molar-refractivity contribution in [2.75, 3.05) is 17.9 Å². The molecule has 114 valence electrons. The highest BCUT2D eigenvalue weighted by Crippen LogP contribution is 2.15. The second-order valence-electron chi connectivity index (χ2n) is 5.10. The molecule has 0 heterocycles. The Labute approximate surface area is 114 Å². The zero-order valence-corrected chi connectivity index (χ0v) is 12.9. The molecule has 0 aromatic carbocycles. The van der Waals surface area contributed by atoms with Gasteiger partial charge in [-0.1, -0.05) is 13.8 Å². The van der Waals surface area contributed by atoms with E-state index in [2.05, 4.69) is 4.72 Å². The minimum Gasteiger partial charge on any atom is -0.481 e. The van der Waals surface area contributed by atoms with E-state index in [9.17, 15) is 21.6 Å². The first-order valence-electron chi connectivity index (χ1n) is 5.78. The third-order valence-corrected chi connectivity index (χ3v) is 5.79. The van der Waals surface area contributed by atoms with Crippen molar-refractivity contribution in [3.63, 3.8) is 0 Å². The van der Waals surface area contributed by atoms with Crippen LogP contribution in [0, 0.1) is 11.8 Å². The average Bonchev–Trinajstić information content (AvgIpc) is 2.08. The van der Waals surface area contributed by atoms with Crippen LogP contribution in [0.3, 0.4) is 0 Å². The molecule has 0 aliphatic carbocycles. The van der Waals surface area contributed by atoms with Crippen LogP contribution in [0.1, 0.15) is 26.7 Å². The minimum atomic E-state index is -3.94. The highest BCUT2D eigenvalue weighted by molar-refractivity contribution is 8.06. The maximum absolute atomic E-state index is 11.5. The topological polar surface area (TPSA) is 118 Å². The number of carbonyl (C=O) groups is 1. The van der Waals surface area contributed by atoms with Gasteiger partial charge in [-0.25, -0.2) is 21.6 Å². The normalized spacial score (nSPS) is 14.5. The molecule has 0 aromatic rings. The quantitative estimate of drug-likeness (QED) is 0.620. The number of sulfone groups is 1. The molecule has 2 N–H and O–H groups in total. The van der Waals surface area contributed by atoms with Crippen molar-refractivity contribution in [1.82, 2.24) is 4.72 Å². The van der Waals surface area contributed by atoms with Crippen molar-refractivity contribution >= 4 is 25.8 Å². The maximum Gasteiger partial charge on any atom is 0.303 e. The summed E-state index contributed by atoms with van der Waals surface area (Å²) in [5.41, 5.74) is 0.